The van der Waals surface area contributed by atoms with Crippen molar-refractivity contribution in [3.63, 3.8) is 0 Å². The zero-order valence-corrected chi connectivity index (χ0v) is 17.2. The van der Waals surface area contributed by atoms with Crippen molar-refractivity contribution in [3.05, 3.63) is 82.6 Å². The van der Waals surface area contributed by atoms with Crippen LogP contribution in [0.5, 0.6) is 0 Å². The highest BCUT2D eigenvalue weighted by molar-refractivity contribution is 6.31. The predicted molar refractivity (Wildman–Crippen MR) is 115 cm³/mol. The molecule has 0 aliphatic carbocycles. The van der Waals surface area contributed by atoms with Gasteiger partial charge in [0.1, 0.15) is 5.15 Å². The van der Waals surface area contributed by atoms with Crippen LogP contribution in [0.25, 0.3) is 5.69 Å². The monoisotopic (exact) mass is 410 g/mol. The average Bonchev–Trinajstić information content (AvgIpc) is 3.04. The third-order valence-corrected chi connectivity index (χ3v) is 4.79. The molecule has 5 nitrogen and oxygen atoms in total. The van der Waals surface area contributed by atoms with E-state index in [1.807, 2.05) is 54.6 Å². The van der Waals surface area contributed by atoms with Crippen LogP contribution < -0.4 is 5.32 Å². The van der Waals surface area contributed by atoms with Gasteiger partial charge < -0.3 is 10.1 Å². The largest absolute Gasteiger partial charge is 0.461 e. The van der Waals surface area contributed by atoms with Crippen LogP contribution in [0.3, 0.4) is 0 Å². The van der Waals surface area contributed by atoms with Crippen molar-refractivity contribution in [2.24, 2.45) is 0 Å². The second kappa shape index (κ2) is 9.43. The Morgan fingerprint density at radius 1 is 1.00 bits per heavy atom. The van der Waals surface area contributed by atoms with Gasteiger partial charge in [0, 0.05) is 5.69 Å². The molecule has 1 N–H and O–H groups in total. The number of nitrogens with zero attached hydrogens (tertiary/aromatic N) is 1. The Bertz CT molecular complexity index is 995. The van der Waals surface area contributed by atoms with E-state index in [-0.39, 0.29) is 24.6 Å². The molecule has 1 amide bonds. The first kappa shape index (κ1) is 20.7. The first-order chi connectivity index (χ1) is 14.0. The highest BCUT2D eigenvalue weighted by atomic mass is 35.5. The molecule has 0 radical (unpaired) electrons. The van der Waals surface area contributed by atoms with E-state index >= 15 is 0 Å². The first-order valence-electron chi connectivity index (χ1n) is 9.55. The van der Waals surface area contributed by atoms with Crippen LogP contribution in [-0.4, -0.2) is 23.1 Å². The van der Waals surface area contributed by atoms with Crippen LogP contribution in [0.4, 0.5) is 5.69 Å². The van der Waals surface area contributed by atoms with E-state index in [1.54, 1.807) is 17.6 Å². The van der Waals surface area contributed by atoms with E-state index in [9.17, 15) is 9.59 Å². The summed E-state index contributed by atoms with van der Waals surface area (Å²) in [5.74, 6) is -0.786. The van der Waals surface area contributed by atoms with Crippen molar-refractivity contribution in [1.29, 1.82) is 0 Å². The lowest BCUT2D eigenvalue weighted by molar-refractivity contribution is -0.115. The second-order valence-corrected chi connectivity index (χ2v) is 6.90. The highest BCUT2D eigenvalue weighted by Crippen LogP contribution is 2.30. The van der Waals surface area contributed by atoms with Gasteiger partial charge in [0.05, 0.1) is 18.7 Å². The van der Waals surface area contributed by atoms with E-state index in [0.29, 0.717) is 10.8 Å². The number of amides is 1. The second-order valence-electron chi connectivity index (χ2n) is 6.52. The molecule has 0 bridgehead atoms. The van der Waals surface area contributed by atoms with E-state index in [2.05, 4.69) is 12.2 Å². The average molecular weight is 411 g/mol. The number of anilines is 1. The molecule has 1 heterocycles. The SMILES string of the molecule is CCOC(=O)c1c(NC(=O)Cc2ccccc2)cc(Cl)n1-c1ccc(CC)cc1. The molecule has 0 atom stereocenters. The minimum absolute atomic E-state index is 0.192. The van der Waals surface area contributed by atoms with Gasteiger partial charge in [-0.05, 0) is 42.7 Å². The maximum Gasteiger partial charge on any atom is 0.357 e. The lowest BCUT2D eigenvalue weighted by atomic mass is 10.1. The van der Waals surface area contributed by atoms with Crippen LogP contribution in [0.15, 0.2) is 60.7 Å². The summed E-state index contributed by atoms with van der Waals surface area (Å²) < 4.78 is 6.81. The molecular formula is C23H23ClN2O3. The minimum Gasteiger partial charge on any atom is -0.461 e. The van der Waals surface area contributed by atoms with Gasteiger partial charge in [-0.2, -0.15) is 0 Å². The standard InChI is InChI=1S/C23H23ClN2O3/c1-3-16-10-12-18(13-11-16)26-20(24)15-19(22(26)23(28)29-4-2)25-21(27)14-17-8-6-5-7-9-17/h5-13,15H,3-4,14H2,1-2H3,(H,25,27). The maximum absolute atomic E-state index is 12.7. The summed E-state index contributed by atoms with van der Waals surface area (Å²) in [5, 5.41) is 3.12. The number of hydrogen-bond acceptors (Lipinski definition) is 3. The number of aryl methyl sites for hydroxylation is 1. The van der Waals surface area contributed by atoms with Gasteiger partial charge >= 0.3 is 5.97 Å². The van der Waals surface area contributed by atoms with Crippen molar-refractivity contribution in [2.45, 2.75) is 26.7 Å². The molecule has 3 rings (SSSR count). The third-order valence-electron chi connectivity index (χ3n) is 4.51. The molecule has 0 spiro atoms. The van der Waals surface area contributed by atoms with Crippen molar-refractivity contribution in [1.82, 2.24) is 4.57 Å². The van der Waals surface area contributed by atoms with E-state index in [1.165, 1.54) is 5.56 Å². The Labute approximate surface area is 175 Å². The van der Waals surface area contributed by atoms with Crippen molar-refractivity contribution >= 4 is 29.2 Å². The topological polar surface area (TPSA) is 60.3 Å². The molecule has 150 valence electrons. The smallest absolute Gasteiger partial charge is 0.357 e. The fraction of sp³-hybridized carbons (Fsp3) is 0.217. The van der Waals surface area contributed by atoms with Crippen molar-refractivity contribution in [2.75, 3.05) is 11.9 Å². The number of ether oxygens (including phenoxy) is 1. The lowest BCUT2D eigenvalue weighted by Gasteiger charge is -2.12. The Morgan fingerprint density at radius 3 is 2.31 bits per heavy atom. The van der Waals surface area contributed by atoms with Crippen LogP contribution in [0, 0.1) is 0 Å². The molecule has 2 aromatic carbocycles. The van der Waals surface area contributed by atoms with E-state index < -0.39 is 5.97 Å². The first-order valence-corrected chi connectivity index (χ1v) is 9.92. The van der Waals surface area contributed by atoms with Gasteiger partial charge in [0.2, 0.25) is 5.91 Å². The quantitative estimate of drug-likeness (QED) is 0.554. The Balaban J connectivity index is 1.96. The van der Waals surface area contributed by atoms with Crippen molar-refractivity contribution in [3.8, 4) is 5.69 Å². The zero-order chi connectivity index (χ0) is 20.8. The fourth-order valence-electron chi connectivity index (χ4n) is 3.08. The van der Waals surface area contributed by atoms with Gasteiger partial charge in [-0.15, -0.1) is 0 Å². The molecule has 0 saturated heterocycles. The molecular weight excluding hydrogens is 388 g/mol. The summed E-state index contributed by atoms with van der Waals surface area (Å²) >= 11 is 6.45. The maximum atomic E-state index is 12.7. The van der Waals surface area contributed by atoms with Crippen LogP contribution >= 0.6 is 11.6 Å². The summed E-state index contributed by atoms with van der Waals surface area (Å²) in [4.78, 5) is 25.2. The van der Waals surface area contributed by atoms with Gasteiger partial charge in [-0.25, -0.2) is 4.79 Å². The summed E-state index contributed by atoms with van der Waals surface area (Å²) in [6, 6.07) is 18.7. The molecule has 3 aromatic rings. The Hall–Kier alpha value is -3.05. The number of carbonyl (C=O) groups is 2. The number of benzene rings is 2. The van der Waals surface area contributed by atoms with Gasteiger partial charge in [-0.1, -0.05) is 61.0 Å². The molecule has 0 unspecified atom stereocenters. The number of nitrogens with one attached hydrogen (secondary N) is 1. The Morgan fingerprint density at radius 2 is 1.69 bits per heavy atom. The molecule has 0 fully saturated rings. The number of hydrogen-bond donors (Lipinski definition) is 1. The van der Waals surface area contributed by atoms with Crippen LogP contribution in [0.2, 0.25) is 5.15 Å². The number of esters is 1. The van der Waals surface area contributed by atoms with Gasteiger partial charge in [0.25, 0.3) is 0 Å². The molecule has 29 heavy (non-hydrogen) atoms. The van der Waals surface area contributed by atoms with Gasteiger partial charge in [-0.3, -0.25) is 9.36 Å². The van der Waals surface area contributed by atoms with Crippen LogP contribution in [0.1, 0.15) is 35.5 Å². The number of rotatable bonds is 7. The fourth-order valence-corrected chi connectivity index (χ4v) is 3.38. The Kier molecular flexibility index (Phi) is 6.73. The minimum atomic E-state index is -0.547. The lowest BCUT2D eigenvalue weighted by Crippen LogP contribution is -2.18. The molecule has 0 aliphatic heterocycles. The van der Waals surface area contributed by atoms with Crippen LogP contribution in [-0.2, 0) is 22.4 Å². The summed E-state index contributed by atoms with van der Waals surface area (Å²) in [5.41, 5.74) is 3.30. The number of carbonyl (C=O) groups excluding carboxylic acids is 2. The molecule has 0 saturated carbocycles. The number of aromatic nitrogens is 1. The summed E-state index contributed by atoms with van der Waals surface area (Å²) in [6.07, 6.45) is 1.10. The summed E-state index contributed by atoms with van der Waals surface area (Å²) in [6.45, 7) is 4.02. The molecule has 1 aromatic heterocycles. The third kappa shape index (κ3) is 4.87. The van der Waals surface area contributed by atoms with Gasteiger partial charge in [0.15, 0.2) is 5.69 Å². The molecule has 6 heteroatoms. The van der Waals surface area contributed by atoms with E-state index in [0.717, 1.165) is 17.7 Å². The summed E-state index contributed by atoms with van der Waals surface area (Å²) in [7, 11) is 0. The number of halogens is 1. The molecule has 0 aliphatic rings. The van der Waals surface area contributed by atoms with Crippen molar-refractivity contribution < 1.29 is 14.3 Å². The predicted octanol–water partition coefficient (Wildman–Crippen LogP) is 5.05. The highest BCUT2D eigenvalue weighted by Gasteiger charge is 2.24. The van der Waals surface area contributed by atoms with E-state index in [4.69, 9.17) is 16.3 Å². The normalized spacial score (nSPS) is 10.6. The zero-order valence-electron chi connectivity index (χ0n) is 16.4.